The Bertz CT molecular complexity index is 1280. The first-order valence-corrected chi connectivity index (χ1v) is 10.4. The first-order chi connectivity index (χ1) is 15.2. The Kier molecular flexibility index (Phi) is 5.53. The Morgan fingerprint density at radius 3 is 2.22 bits per heavy atom. The smallest absolute Gasteiger partial charge is 0.335 e. The fourth-order valence-electron chi connectivity index (χ4n) is 3.53. The molecule has 0 bridgehead atoms. The van der Waals surface area contributed by atoms with Crippen LogP contribution in [0.5, 0.6) is 0 Å². The van der Waals surface area contributed by atoms with Crippen LogP contribution in [0.25, 0.3) is 11.0 Å². The molecule has 0 fully saturated rings. The van der Waals surface area contributed by atoms with Gasteiger partial charge in [0.15, 0.2) is 0 Å². The third kappa shape index (κ3) is 4.54. The van der Waals surface area contributed by atoms with Crippen molar-refractivity contribution in [2.45, 2.75) is 32.7 Å². The molecule has 2 N–H and O–H groups in total. The molecule has 6 nitrogen and oxygen atoms in total. The minimum Gasteiger partial charge on any atom is -0.478 e. The van der Waals surface area contributed by atoms with E-state index < -0.39 is 5.97 Å². The van der Waals surface area contributed by atoms with E-state index in [9.17, 15) is 9.59 Å². The van der Waals surface area contributed by atoms with Crippen molar-refractivity contribution in [3.63, 3.8) is 0 Å². The van der Waals surface area contributed by atoms with Gasteiger partial charge in [0.1, 0.15) is 0 Å². The lowest BCUT2D eigenvalue weighted by atomic mass is 9.87. The normalized spacial score (nSPS) is 11.5. The van der Waals surface area contributed by atoms with E-state index in [1.165, 1.54) is 5.56 Å². The molecule has 0 aliphatic carbocycles. The van der Waals surface area contributed by atoms with Gasteiger partial charge in [-0.05, 0) is 59.0 Å². The second-order valence-electron chi connectivity index (χ2n) is 8.86. The van der Waals surface area contributed by atoms with E-state index in [2.05, 4.69) is 31.1 Å². The molecule has 6 heteroatoms. The summed E-state index contributed by atoms with van der Waals surface area (Å²) in [6.07, 6.45) is 1.72. The van der Waals surface area contributed by atoms with Crippen LogP contribution in [-0.2, 0) is 12.0 Å². The van der Waals surface area contributed by atoms with Crippen LogP contribution in [0.3, 0.4) is 0 Å². The fourth-order valence-corrected chi connectivity index (χ4v) is 3.53. The number of carboxylic acid groups (broad SMARTS) is 1. The molecule has 32 heavy (non-hydrogen) atoms. The third-order valence-electron chi connectivity index (χ3n) is 5.45. The number of rotatable bonds is 5. The van der Waals surface area contributed by atoms with Crippen LogP contribution < -0.4 is 5.32 Å². The summed E-state index contributed by atoms with van der Waals surface area (Å²) in [7, 11) is 0. The van der Waals surface area contributed by atoms with Crippen LogP contribution in [0.1, 0.15) is 52.6 Å². The van der Waals surface area contributed by atoms with Gasteiger partial charge in [-0.25, -0.2) is 9.78 Å². The number of nitrogens with one attached hydrogen (secondary N) is 1. The zero-order chi connectivity index (χ0) is 22.9. The number of carbonyl (C=O) groups excluding carboxylic acids is 1. The first kappa shape index (κ1) is 21.3. The number of carbonyl (C=O) groups is 2. The number of hydrogen-bond acceptors (Lipinski definition) is 3. The van der Waals surface area contributed by atoms with Gasteiger partial charge in [-0.3, -0.25) is 4.79 Å². The molecule has 0 saturated carbocycles. The summed E-state index contributed by atoms with van der Waals surface area (Å²) < 4.78 is 1.94. The molecule has 0 aliphatic rings. The zero-order valence-corrected chi connectivity index (χ0v) is 18.3. The number of anilines is 1. The van der Waals surface area contributed by atoms with Crippen molar-refractivity contribution in [3.05, 3.63) is 95.3 Å². The number of imidazole rings is 1. The van der Waals surface area contributed by atoms with Crippen molar-refractivity contribution in [1.82, 2.24) is 9.55 Å². The molecular weight excluding hydrogens is 402 g/mol. The highest BCUT2D eigenvalue weighted by Crippen LogP contribution is 2.24. The summed E-state index contributed by atoms with van der Waals surface area (Å²) >= 11 is 0. The molecule has 0 radical (unpaired) electrons. The van der Waals surface area contributed by atoms with Crippen LogP contribution in [0.15, 0.2) is 73.1 Å². The highest BCUT2D eigenvalue weighted by Gasteiger charge is 2.14. The molecule has 0 aliphatic heterocycles. The van der Waals surface area contributed by atoms with Crippen molar-refractivity contribution in [3.8, 4) is 0 Å². The number of aromatic nitrogens is 2. The van der Waals surface area contributed by atoms with Crippen LogP contribution in [0, 0.1) is 0 Å². The van der Waals surface area contributed by atoms with Crippen LogP contribution >= 0.6 is 0 Å². The summed E-state index contributed by atoms with van der Waals surface area (Å²) in [4.78, 5) is 28.3. The number of fused-ring (bicyclic) bond motifs is 1. The van der Waals surface area contributed by atoms with Gasteiger partial charge in [0, 0.05) is 17.8 Å². The maximum absolute atomic E-state index is 12.8. The SMILES string of the molecule is CC(C)(C)c1ccc(NC(=O)c2ccc3ncn(Cc4ccc(C(=O)O)cc4)c3c2)cc1. The lowest BCUT2D eigenvalue weighted by Gasteiger charge is -2.19. The second-order valence-corrected chi connectivity index (χ2v) is 8.86. The lowest BCUT2D eigenvalue weighted by Crippen LogP contribution is -2.13. The van der Waals surface area contributed by atoms with Crippen molar-refractivity contribution in [2.75, 3.05) is 5.32 Å². The van der Waals surface area contributed by atoms with Gasteiger partial charge in [0.2, 0.25) is 0 Å². The van der Waals surface area contributed by atoms with E-state index in [1.54, 1.807) is 36.7 Å². The standard InChI is InChI=1S/C26H25N3O3/c1-26(2,3)20-9-11-21(12-10-20)28-24(30)19-8-13-22-23(14-19)29(16-27-22)15-17-4-6-18(7-5-17)25(31)32/h4-14,16H,15H2,1-3H3,(H,28,30)(H,31,32). The van der Waals surface area contributed by atoms with Crippen molar-refractivity contribution < 1.29 is 14.7 Å². The monoisotopic (exact) mass is 427 g/mol. The summed E-state index contributed by atoms with van der Waals surface area (Å²) in [6.45, 7) is 6.98. The van der Waals surface area contributed by atoms with Gasteiger partial charge in [-0.2, -0.15) is 0 Å². The maximum Gasteiger partial charge on any atom is 0.335 e. The Balaban J connectivity index is 1.54. The molecule has 3 aromatic carbocycles. The summed E-state index contributed by atoms with van der Waals surface area (Å²) in [6, 6.07) is 20.1. The largest absolute Gasteiger partial charge is 0.478 e. The quantitative estimate of drug-likeness (QED) is 0.451. The van der Waals surface area contributed by atoms with Gasteiger partial charge in [-0.1, -0.05) is 45.0 Å². The minimum absolute atomic E-state index is 0.0555. The summed E-state index contributed by atoms with van der Waals surface area (Å²) in [5.74, 6) is -1.14. The molecule has 0 unspecified atom stereocenters. The molecule has 0 spiro atoms. The number of benzene rings is 3. The molecule has 1 amide bonds. The van der Waals surface area contributed by atoms with Gasteiger partial charge in [0.05, 0.1) is 22.9 Å². The lowest BCUT2D eigenvalue weighted by molar-refractivity contribution is 0.0696. The molecule has 0 saturated heterocycles. The molecular formula is C26H25N3O3. The third-order valence-corrected chi connectivity index (χ3v) is 5.45. The molecule has 162 valence electrons. The van der Waals surface area contributed by atoms with Gasteiger partial charge in [0.25, 0.3) is 5.91 Å². The van der Waals surface area contributed by atoms with E-state index in [0.29, 0.717) is 12.1 Å². The molecule has 1 aromatic heterocycles. The van der Waals surface area contributed by atoms with Crippen LogP contribution in [0.4, 0.5) is 5.69 Å². The highest BCUT2D eigenvalue weighted by molar-refractivity contribution is 6.06. The van der Waals surface area contributed by atoms with E-state index in [1.807, 2.05) is 41.0 Å². The predicted octanol–water partition coefficient (Wildman–Crippen LogP) is 5.33. The van der Waals surface area contributed by atoms with Gasteiger partial charge in [-0.15, -0.1) is 0 Å². The zero-order valence-electron chi connectivity index (χ0n) is 18.3. The average Bonchev–Trinajstić information content (AvgIpc) is 3.16. The number of aromatic carboxylic acids is 1. The highest BCUT2D eigenvalue weighted by atomic mass is 16.4. The Morgan fingerprint density at radius 1 is 0.938 bits per heavy atom. The number of nitrogens with zero attached hydrogens (tertiary/aromatic N) is 2. The van der Waals surface area contributed by atoms with Gasteiger partial charge < -0.3 is 15.0 Å². The van der Waals surface area contributed by atoms with E-state index in [0.717, 1.165) is 22.3 Å². The van der Waals surface area contributed by atoms with E-state index >= 15 is 0 Å². The Labute approximate surface area is 186 Å². The Morgan fingerprint density at radius 2 is 1.59 bits per heavy atom. The Hall–Kier alpha value is -3.93. The van der Waals surface area contributed by atoms with Crippen molar-refractivity contribution >= 4 is 28.6 Å². The van der Waals surface area contributed by atoms with Crippen molar-refractivity contribution in [2.24, 2.45) is 0 Å². The predicted molar refractivity (Wildman–Crippen MR) is 125 cm³/mol. The topological polar surface area (TPSA) is 84.2 Å². The molecule has 0 atom stereocenters. The minimum atomic E-state index is -0.951. The van der Waals surface area contributed by atoms with E-state index in [4.69, 9.17) is 5.11 Å². The fraction of sp³-hybridized carbons (Fsp3) is 0.192. The van der Waals surface area contributed by atoms with E-state index in [-0.39, 0.29) is 16.9 Å². The summed E-state index contributed by atoms with van der Waals surface area (Å²) in [5.41, 5.74) is 5.37. The first-order valence-electron chi connectivity index (χ1n) is 10.4. The number of amides is 1. The molecule has 4 rings (SSSR count). The summed E-state index contributed by atoms with van der Waals surface area (Å²) in [5, 5.41) is 12.0. The van der Waals surface area contributed by atoms with Crippen molar-refractivity contribution in [1.29, 1.82) is 0 Å². The van der Waals surface area contributed by atoms with Gasteiger partial charge >= 0.3 is 5.97 Å². The molecule has 1 heterocycles. The van der Waals surface area contributed by atoms with Crippen LogP contribution in [-0.4, -0.2) is 26.5 Å². The number of carboxylic acids is 1. The number of hydrogen-bond donors (Lipinski definition) is 2. The van der Waals surface area contributed by atoms with Crippen LogP contribution in [0.2, 0.25) is 0 Å². The average molecular weight is 428 g/mol. The second kappa shape index (κ2) is 8.30. The molecule has 4 aromatic rings. The maximum atomic E-state index is 12.8.